The average Bonchev–Trinajstić information content (AvgIpc) is 2.43. The molecule has 2 unspecified atom stereocenters. The van der Waals surface area contributed by atoms with Gasteiger partial charge in [-0.15, -0.1) is 0 Å². The second-order valence-electron chi connectivity index (χ2n) is 4.85. The molecule has 1 aliphatic heterocycles. The lowest BCUT2D eigenvalue weighted by atomic mass is 10.0. The Hall–Kier alpha value is -2.21. The fraction of sp³-hybridized carbons (Fsp3) is 0.357. The van der Waals surface area contributed by atoms with Crippen molar-refractivity contribution in [3.63, 3.8) is 0 Å². The minimum absolute atomic E-state index is 0.131. The molecule has 1 aromatic rings. The SMILES string of the molecule is CC1C(=O)NC(=O)CN1C(=O)C(N)Cc1ccccc1. The summed E-state index contributed by atoms with van der Waals surface area (Å²) in [5, 5.41) is 2.19. The summed E-state index contributed by atoms with van der Waals surface area (Å²) >= 11 is 0. The zero-order chi connectivity index (χ0) is 14.7. The molecule has 1 aromatic carbocycles. The highest BCUT2D eigenvalue weighted by molar-refractivity contribution is 6.04. The predicted octanol–water partition coefficient (Wildman–Crippen LogP) is -0.570. The number of carbonyl (C=O) groups excluding carboxylic acids is 3. The van der Waals surface area contributed by atoms with Crippen molar-refractivity contribution in [2.75, 3.05) is 6.54 Å². The summed E-state index contributed by atoms with van der Waals surface area (Å²) in [7, 11) is 0. The summed E-state index contributed by atoms with van der Waals surface area (Å²) in [5.74, 6) is -1.33. The van der Waals surface area contributed by atoms with Crippen LogP contribution in [-0.2, 0) is 20.8 Å². The van der Waals surface area contributed by atoms with Crippen molar-refractivity contribution in [3.8, 4) is 0 Å². The number of carbonyl (C=O) groups is 3. The summed E-state index contributed by atoms with van der Waals surface area (Å²) < 4.78 is 0. The van der Waals surface area contributed by atoms with E-state index in [-0.39, 0.29) is 12.5 Å². The molecule has 3 N–H and O–H groups in total. The lowest BCUT2D eigenvalue weighted by molar-refractivity contribution is -0.150. The van der Waals surface area contributed by atoms with E-state index in [1.165, 1.54) is 4.90 Å². The Bertz CT molecular complexity index is 530. The standard InChI is InChI=1S/C14H17N3O3/c1-9-13(19)16-12(18)8-17(9)14(20)11(15)7-10-5-3-2-4-6-10/h2-6,9,11H,7-8,15H2,1H3,(H,16,18,19). The van der Waals surface area contributed by atoms with Crippen LogP contribution >= 0.6 is 0 Å². The van der Waals surface area contributed by atoms with Gasteiger partial charge in [0, 0.05) is 0 Å². The molecule has 1 fully saturated rings. The van der Waals surface area contributed by atoms with Gasteiger partial charge in [-0.2, -0.15) is 0 Å². The third-order valence-electron chi connectivity index (χ3n) is 3.32. The Morgan fingerprint density at radius 1 is 1.40 bits per heavy atom. The number of nitrogens with two attached hydrogens (primary N) is 1. The van der Waals surface area contributed by atoms with Crippen LogP contribution in [0.15, 0.2) is 30.3 Å². The van der Waals surface area contributed by atoms with E-state index < -0.39 is 23.9 Å². The van der Waals surface area contributed by atoms with Gasteiger partial charge in [-0.05, 0) is 18.9 Å². The highest BCUT2D eigenvalue weighted by Gasteiger charge is 2.35. The Labute approximate surface area is 116 Å². The molecule has 2 atom stereocenters. The fourth-order valence-corrected chi connectivity index (χ4v) is 2.15. The first-order valence-electron chi connectivity index (χ1n) is 6.42. The molecule has 6 nitrogen and oxygen atoms in total. The number of imide groups is 1. The Kier molecular flexibility index (Phi) is 4.14. The molecule has 0 saturated carbocycles. The maximum atomic E-state index is 12.3. The lowest BCUT2D eigenvalue weighted by Crippen LogP contribution is -2.61. The first-order chi connectivity index (χ1) is 9.49. The highest BCUT2D eigenvalue weighted by Crippen LogP contribution is 2.09. The molecule has 0 radical (unpaired) electrons. The van der Waals surface area contributed by atoms with Gasteiger partial charge in [-0.25, -0.2) is 0 Å². The van der Waals surface area contributed by atoms with E-state index in [0.717, 1.165) is 5.56 Å². The van der Waals surface area contributed by atoms with E-state index in [1.807, 2.05) is 30.3 Å². The molecule has 0 aromatic heterocycles. The van der Waals surface area contributed by atoms with Gasteiger partial charge >= 0.3 is 0 Å². The molecule has 1 saturated heterocycles. The number of rotatable bonds is 3. The summed E-state index contributed by atoms with van der Waals surface area (Å²) in [6.45, 7) is 1.45. The lowest BCUT2D eigenvalue weighted by Gasteiger charge is -2.33. The minimum Gasteiger partial charge on any atom is -0.320 e. The number of benzene rings is 1. The summed E-state index contributed by atoms with van der Waals surface area (Å²) in [4.78, 5) is 36.4. The van der Waals surface area contributed by atoms with E-state index in [9.17, 15) is 14.4 Å². The molecule has 20 heavy (non-hydrogen) atoms. The smallest absolute Gasteiger partial charge is 0.249 e. The summed E-state index contributed by atoms with van der Waals surface area (Å²) in [5.41, 5.74) is 6.84. The second-order valence-corrected chi connectivity index (χ2v) is 4.85. The van der Waals surface area contributed by atoms with Crippen LogP contribution in [0.1, 0.15) is 12.5 Å². The third-order valence-corrected chi connectivity index (χ3v) is 3.32. The van der Waals surface area contributed by atoms with Gasteiger partial charge in [0.15, 0.2) is 0 Å². The van der Waals surface area contributed by atoms with Crippen LogP contribution in [0.3, 0.4) is 0 Å². The number of nitrogens with zero attached hydrogens (tertiary/aromatic N) is 1. The van der Waals surface area contributed by atoms with E-state index >= 15 is 0 Å². The van der Waals surface area contributed by atoms with Crippen LogP contribution in [0.2, 0.25) is 0 Å². The molecule has 0 spiro atoms. The van der Waals surface area contributed by atoms with E-state index in [1.54, 1.807) is 6.92 Å². The molecule has 0 bridgehead atoms. The molecule has 106 valence electrons. The zero-order valence-electron chi connectivity index (χ0n) is 11.2. The van der Waals surface area contributed by atoms with Crippen molar-refractivity contribution >= 4 is 17.7 Å². The topological polar surface area (TPSA) is 92.5 Å². The number of nitrogens with one attached hydrogen (secondary N) is 1. The van der Waals surface area contributed by atoms with Crippen molar-refractivity contribution in [1.82, 2.24) is 10.2 Å². The van der Waals surface area contributed by atoms with Crippen LogP contribution in [0.25, 0.3) is 0 Å². The monoisotopic (exact) mass is 275 g/mol. The number of hydrogen-bond donors (Lipinski definition) is 2. The van der Waals surface area contributed by atoms with Crippen LogP contribution in [0.5, 0.6) is 0 Å². The van der Waals surface area contributed by atoms with Gasteiger partial charge in [-0.1, -0.05) is 30.3 Å². The largest absolute Gasteiger partial charge is 0.320 e. The molecular weight excluding hydrogens is 258 g/mol. The zero-order valence-corrected chi connectivity index (χ0v) is 11.2. The Morgan fingerprint density at radius 3 is 2.70 bits per heavy atom. The predicted molar refractivity (Wildman–Crippen MR) is 72.4 cm³/mol. The number of amides is 3. The highest BCUT2D eigenvalue weighted by atomic mass is 16.2. The molecular formula is C14H17N3O3. The third kappa shape index (κ3) is 3.03. The van der Waals surface area contributed by atoms with Crippen molar-refractivity contribution in [1.29, 1.82) is 0 Å². The molecule has 2 rings (SSSR count). The van der Waals surface area contributed by atoms with Crippen LogP contribution in [-0.4, -0.2) is 41.2 Å². The summed E-state index contributed by atoms with van der Waals surface area (Å²) in [6.07, 6.45) is 0.374. The molecule has 1 heterocycles. The normalized spacial score (nSPS) is 20.5. The minimum atomic E-state index is -0.765. The molecule has 0 aliphatic carbocycles. The van der Waals surface area contributed by atoms with Gasteiger partial charge < -0.3 is 10.6 Å². The maximum Gasteiger partial charge on any atom is 0.249 e. The fourth-order valence-electron chi connectivity index (χ4n) is 2.15. The van der Waals surface area contributed by atoms with Crippen molar-refractivity contribution in [2.45, 2.75) is 25.4 Å². The average molecular weight is 275 g/mol. The van der Waals surface area contributed by atoms with Crippen molar-refractivity contribution in [3.05, 3.63) is 35.9 Å². The summed E-state index contributed by atoms with van der Waals surface area (Å²) in [6, 6.07) is 7.93. The quantitative estimate of drug-likeness (QED) is 0.723. The Morgan fingerprint density at radius 2 is 2.05 bits per heavy atom. The molecule has 3 amide bonds. The molecule has 1 aliphatic rings. The number of piperazine rings is 1. The van der Waals surface area contributed by atoms with Crippen LogP contribution in [0.4, 0.5) is 0 Å². The second kappa shape index (κ2) is 5.83. The molecule has 6 heteroatoms. The van der Waals surface area contributed by atoms with Gasteiger partial charge in [0.1, 0.15) is 12.6 Å². The van der Waals surface area contributed by atoms with E-state index in [2.05, 4.69) is 5.32 Å². The van der Waals surface area contributed by atoms with Crippen LogP contribution in [0, 0.1) is 0 Å². The van der Waals surface area contributed by atoms with E-state index in [0.29, 0.717) is 6.42 Å². The van der Waals surface area contributed by atoms with Crippen LogP contribution < -0.4 is 11.1 Å². The van der Waals surface area contributed by atoms with Gasteiger partial charge in [-0.3, -0.25) is 19.7 Å². The van der Waals surface area contributed by atoms with Crippen molar-refractivity contribution in [2.24, 2.45) is 5.73 Å². The first-order valence-corrected chi connectivity index (χ1v) is 6.42. The first kappa shape index (κ1) is 14.2. The van der Waals surface area contributed by atoms with Gasteiger partial charge in [0.2, 0.25) is 17.7 Å². The van der Waals surface area contributed by atoms with E-state index in [4.69, 9.17) is 5.73 Å². The van der Waals surface area contributed by atoms with Gasteiger partial charge in [0.05, 0.1) is 6.04 Å². The number of hydrogen-bond acceptors (Lipinski definition) is 4. The maximum absolute atomic E-state index is 12.3. The van der Waals surface area contributed by atoms with Crippen molar-refractivity contribution < 1.29 is 14.4 Å². The van der Waals surface area contributed by atoms with Gasteiger partial charge in [0.25, 0.3) is 0 Å². The Balaban J connectivity index is 2.06.